The van der Waals surface area contributed by atoms with Crippen LogP contribution in [0.2, 0.25) is 0 Å². The van der Waals surface area contributed by atoms with Gasteiger partial charge in [0.2, 0.25) is 0 Å². The van der Waals surface area contributed by atoms with Crippen molar-refractivity contribution in [2.75, 3.05) is 0 Å². The number of imidazole rings is 1. The summed E-state index contributed by atoms with van der Waals surface area (Å²) in [4.78, 5) is 23.2. The molecular formula is C26H22N10. The molecule has 7 rings (SSSR count). The topological polar surface area (TPSA) is 124 Å². The molecule has 1 N–H and O–H groups in total. The second-order valence-electron chi connectivity index (χ2n) is 9.05. The Kier molecular flexibility index (Phi) is 4.93. The Hall–Kier alpha value is -4.60. The van der Waals surface area contributed by atoms with Crippen LogP contribution in [0, 0.1) is 0 Å². The fourth-order valence-corrected chi connectivity index (χ4v) is 5.20. The Bertz CT molecular complexity index is 1680. The molecule has 10 nitrogen and oxygen atoms in total. The number of hydrogen-bond acceptors (Lipinski definition) is 8. The van der Waals surface area contributed by atoms with Gasteiger partial charge in [0, 0.05) is 35.1 Å². The maximum absolute atomic E-state index is 5.17. The summed E-state index contributed by atoms with van der Waals surface area (Å²) < 4.78 is 2.41. The molecule has 0 saturated heterocycles. The smallest absolute Gasteiger partial charge is 0.181 e. The van der Waals surface area contributed by atoms with E-state index >= 15 is 0 Å². The number of aromatic nitrogens is 10. The van der Waals surface area contributed by atoms with Crippen molar-refractivity contribution in [1.29, 1.82) is 0 Å². The number of benzene rings is 2. The molecule has 6 aromatic rings. The molecule has 1 aliphatic rings. The zero-order valence-corrected chi connectivity index (χ0v) is 19.4. The van der Waals surface area contributed by atoms with E-state index in [4.69, 9.17) is 9.97 Å². The number of hydrogen-bond donors (Lipinski definition) is 1. The van der Waals surface area contributed by atoms with Crippen LogP contribution in [0.15, 0.2) is 61.1 Å². The number of tetrazole rings is 1. The molecule has 0 aliphatic heterocycles. The van der Waals surface area contributed by atoms with Crippen molar-refractivity contribution in [3.8, 4) is 34.2 Å². The minimum absolute atomic E-state index is 0.382. The van der Waals surface area contributed by atoms with Crippen LogP contribution < -0.4 is 0 Å². The van der Waals surface area contributed by atoms with Crippen LogP contribution in [-0.4, -0.2) is 50.1 Å². The van der Waals surface area contributed by atoms with Gasteiger partial charge in [0.15, 0.2) is 17.3 Å². The van der Waals surface area contributed by atoms with Gasteiger partial charge >= 0.3 is 0 Å². The predicted molar refractivity (Wildman–Crippen MR) is 135 cm³/mol. The SMILES string of the molecule is c1ccc(-c2nc3cc(-c4nnn[nH]4)ccc3n2C2CCCCC2)c(-c2ncc3nccnc3n2)c1. The molecule has 1 aliphatic carbocycles. The van der Waals surface area contributed by atoms with Gasteiger partial charge in [-0.1, -0.05) is 43.5 Å². The highest BCUT2D eigenvalue weighted by atomic mass is 15.5. The highest BCUT2D eigenvalue weighted by molar-refractivity contribution is 5.88. The van der Waals surface area contributed by atoms with Crippen molar-refractivity contribution in [3.05, 3.63) is 61.1 Å². The number of nitrogens with zero attached hydrogens (tertiary/aromatic N) is 9. The molecule has 4 heterocycles. The first kappa shape index (κ1) is 20.7. The van der Waals surface area contributed by atoms with Gasteiger partial charge in [-0.25, -0.2) is 30.0 Å². The van der Waals surface area contributed by atoms with Gasteiger partial charge in [-0.2, -0.15) is 0 Å². The maximum atomic E-state index is 5.17. The van der Waals surface area contributed by atoms with Crippen LogP contribution in [0.1, 0.15) is 38.1 Å². The quantitative estimate of drug-likeness (QED) is 0.387. The number of fused-ring (bicyclic) bond motifs is 2. The lowest BCUT2D eigenvalue weighted by Crippen LogP contribution is -2.14. The van der Waals surface area contributed by atoms with E-state index in [-0.39, 0.29) is 0 Å². The molecule has 0 atom stereocenters. The molecule has 0 bridgehead atoms. The van der Waals surface area contributed by atoms with Crippen molar-refractivity contribution in [2.45, 2.75) is 38.1 Å². The minimum atomic E-state index is 0.382. The van der Waals surface area contributed by atoms with E-state index in [1.54, 1.807) is 18.6 Å². The predicted octanol–water partition coefficient (Wildman–Crippen LogP) is 4.79. The largest absolute Gasteiger partial charge is 0.321 e. The van der Waals surface area contributed by atoms with E-state index < -0.39 is 0 Å². The standard InChI is InChI=1S/C26H22N10/c1-2-6-17(7-3-1)36-22-11-10-16(23-32-34-35-33-23)14-20(22)30-26(36)19-9-5-4-8-18(19)24-29-15-21-25(31-24)28-13-12-27-21/h4-5,8-15,17H,1-3,6-7H2,(H,32,33,34,35). The lowest BCUT2D eigenvalue weighted by Gasteiger charge is -2.26. The third-order valence-corrected chi connectivity index (χ3v) is 6.88. The van der Waals surface area contributed by atoms with Crippen LogP contribution in [0.4, 0.5) is 0 Å². The van der Waals surface area contributed by atoms with Crippen molar-refractivity contribution in [3.63, 3.8) is 0 Å². The maximum Gasteiger partial charge on any atom is 0.181 e. The van der Waals surface area contributed by atoms with E-state index in [1.807, 2.05) is 30.3 Å². The van der Waals surface area contributed by atoms with Gasteiger partial charge in [-0.3, -0.25) is 0 Å². The minimum Gasteiger partial charge on any atom is -0.321 e. The molecule has 4 aromatic heterocycles. The molecule has 176 valence electrons. The molecule has 0 spiro atoms. The van der Waals surface area contributed by atoms with Gasteiger partial charge in [0.1, 0.15) is 11.3 Å². The Morgan fingerprint density at radius 3 is 2.56 bits per heavy atom. The van der Waals surface area contributed by atoms with Crippen LogP contribution in [0.3, 0.4) is 0 Å². The fraction of sp³-hybridized carbons (Fsp3) is 0.231. The summed E-state index contributed by atoms with van der Waals surface area (Å²) in [5, 5.41) is 14.4. The van der Waals surface area contributed by atoms with E-state index in [9.17, 15) is 0 Å². The van der Waals surface area contributed by atoms with Gasteiger partial charge in [-0.05, 0) is 41.5 Å². The molecule has 10 heteroatoms. The summed E-state index contributed by atoms with van der Waals surface area (Å²) >= 11 is 0. The molecule has 1 saturated carbocycles. The summed E-state index contributed by atoms with van der Waals surface area (Å²) in [6.45, 7) is 0. The summed E-state index contributed by atoms with van der Waals surface area (Å²) in [7, 11) is 0. The van der Waals surface area contributed by atoms with E-state index in [2.05, 4.69) is 52.3 Å². The van der Waals surface area contributed by atoms with Gasteiger partial charge in [0.05, 0.1) is 17.2 Å². The zero-order valence-electron chi connectivity index (χ0n) is 19.4. The van der Waals surface area contributed by atoms with Crippen LogP contribution in [0.5, 0.6) is 0 Å². The highest BCUT2D eigenvalue weighted by Crippen LogP contribution is 2.39. The molecule has 0 unspecified atom stereocenters. The average Bonchev–Trinajstić information content (AvgIpc) is 3.61. The lowest BCUT2D eigenvalue weighted by atomic mass is 9.94. The summed E-state index contributed by atoms with van der Waals surface area (Å²) in [6, 6.07) is 14.8. The fourth-order valence-electron chi connectivity index (χ4n) is 5.20. The van der Waals surface area contributed by atoms with Gasteiger partial charge in [0.25, 0.3) is 0 Å². The summed E-state index contributed by atoms with van der Waals surface area (Å²) in [5.74, 6) is 2.15. The summed E-state index contributed by atoms with van der Waals surface area (Å²) in [5.41, 5.74) is 6.06. The van der Waals surface area contributed by atoms with Gasteiger partial charge < -0.3 is 4.57 Å². The average molecular weight is 475 g/mol. The van der Waals surface area contributed by atoms with Crippen LogP contribution >= 0.6 is 0 Å². The highest BCUT2D eigenvalue weighted by Gasteiger charge is 2.25. The number of H-pyrrole nitrogens is 1. The van der Waals surface area contributed by atoms with Crippen LogP contribution in [-0.2, 0) is 0 Å². The van der Waals surface area contributed by atoms with E-state index in [0.29, 0.717) is 28.9 Å². The molecular weight excluding hydrogens is 452 g/mol. The molecule has 1 fully saturated rings. The lowest BCUT2D eigenvalue weighted by molar-refractivity contribution is 0.362. The molecule has 36 heavy (non-hydrogen) atoms. The Labute approximate surface area is 205 Å². The molecule has 0 amide bonds. The van der Waals surface area contributed by atoms with Crippen molar-refractivity contribution >= 4 is 22.2 Å². The summed E-state index contributed by atoms with van der Waals surface area (Å²) in [6.07, 6.45) is 11.0. The normalized spacial score (nSPS) is 14.6. The first-order chi connectivity index (χ1) is 17.8. The van der Waals surface area contributed by atoms with Gasteiger partial charge in [-0.15, -0.1) is 5.10 Å². The monoisotopic (exact) mass is 474 g/mol. The Balaban J connectivity index is 1.44. The van der Waals surface area contributed by atoms with Crippen molar-refractivity contribution < 1.29 is 0 Å². The van der Waals surface area contributed by atoms with E-state index in [1.165, 1.54) is 19.3 Å². The number of rotatable bonds is 4. The van der Waals surface area contributed by atoms with Crippen LogP contribution in [0.25, 0.3) is 56.4 Å². The zero-order chi connectivity index (χ0) is 23.9. The van der Waals surface area contributed by atoms with Crippen molar-refractivity contribution in [2.24, 2.45) is 0 Å². The second kappa shape index (κ2) is 8.56. The first-order valence-electron chi connectivity index (χ1n) is 12.1. The first-order valence-corrected chi connectivity index (χ1v) is 12.1. The second-order valence-corrected chi connectivity index (χ2v) is 9.05. The molecule has 0 radical (unpaired) electrons. The van der Waals surface area contributed by atoms with E-state index in [0.717, 1.165) is 46.4 Å². The Morgan fingerprint density at radius 1 is 0.833 bits per heavy atom. The number of nitrogens with one attached hydrogen (secondary N) is 1. The molecule has 2 aromatic carbocycles. The third-order valence-electron chi connectivity index (χ3n) is 6.88. The Morgan fingerprint density at radius 2 is 1.69 bits per heavy atom. The third kappa shape index (κ3) is 3.49. The van der Waals surface area contributed by atoms with Crippen molar-refractivity contribution in [1.82, 2.24) is 50.1 Å². The number of aromatic amines is 1.